The summed E-state index contributed by atoms with van der Waals surface area (Å²) in [6.45, 7) is 0. The van der Waals surface area contributed by atoms with Gasteiger partial charge in [0.15, 0.2) is 0 Å². The van der Waals surface area contributed by atoms with Crippen LogP contribution in [0.15, 0.2) is 0 Å². The highest BCUT2D eigenvalue weighted by Gasteiger charge is 2.92. The molecule has 0 aliphatic rings. The van der Waals surface area contributed by atoms with Crippen LogP contribution in [0.5, 0.6) is 0 Å². The molecule has 5 nitrogen and oxygen atoms in total. The van der Waals surface area contributed by atoms with Gasteiger partial charge >= 0.3 is 69.7 Å². The van der Waals surface area contributed by atoms with Crippen molar-refractivity contribution in [2.24, 2.45) is 0 Å². The third kappa shape index (κ3) is 5.30. The predicted octanol–water partition coefficient (Wildman–Crippen LogP) is 5.97. The van der Waals surface area contributed by atoms with E-state index in [9.17, 15) is 101 Å². The molecule has 0 saturated heterocycles. The second-order valence-corrected chi connectivity index (χ2v) is 7.52. The van der Waals surface area contributed by atoms with Gasteiger partial charge in [-0.15, -0.1) is 0 Å². The Morgan fingerprint density at radius 2 is 0.676 bits per heavy atom. The van der Waals surface area contributed by atoms with Crippen LogP contribution in [0.4, 0.5) is 92.2 Å². The molecular weight excluding hydrogens is 631 g/mol. The molecule has 224 valence electrons. The quantitative estimate of drug-likeness (QED) is 0.225. The zero-order valence-corrected chi connectivity index (χ0v) is 16.2. The maximum absolute atomic E-state index is 13.2. The van der Waals surface area contributed by atoms with Gasteiger partial charge in [-0.1, -0.05) is 0 Å². The molecule has 1 N–H and O–H groups in total. The van der Waals surface area contributed by atoms with E-state index in [2.05, 4.69) is 0 Å². The summed E-state index contributed by atoms with van der Waals surface area (Å²) in [4.78, 5) is 0. The molecule has 0 bridgehead atoms. The number of alkyl halides is 21. The zero-order valence-electron chi connectivity index (χ0n) is 15.4. The van der Waals surface area contributed by atoms with Crippen molar-refractivity contribution in [1.29, 1.82) is 0 Å². The molecule has 0 spiro atoms. The second kappa shape index (κ2) is 8.68. The molecule has 0 aliphatic heterocycles. The summed E-state index contributed by atoms with van der Waals surface area (Å²) in [5, 5.41) is -7.41. The van der Waals surface area contributed by atoms with Gasteiger partial charge in [-0.05, 0) is 0 Å². The van der Waals surface area contributed by atoms with Crippen molar-refractivity contribution in [3.05, 3.63) is 0 Å². The molecule has 0 amide bonds. The number of hydrogen-bond acceptors (Lipinski definition) is 4. The average Bonchev–Trinajstić information content (AvgIpc) is 2.56. The van der Waals surface area contributed by atoms with E-state index in [-0.39, 0.29) is 0 Å². The Morgan fingerprint density at radius 3 is 0.946 bits per heavy atom. The van der Waals surface area contributed by atoms with Crippen molar-refractivity contribution in [2.45, 2.75) is 59.6 Å². The van der Waals surface area contributed by atoms with Crippen molar-refractivity contribution in [2.75, 3.05) is 0 Å². The van der Waals surface area contributed by atoms with E-state index < -0.39 is 69.7 Å². The van der Waals surface area contributed by atoms with E-state index in [1.807, 2.05) is 0 Å². The van der Waals surface area contributed by atoms with Gasteiger partial charge in [-0.3, -0.25) is 4.55 Å². The van der Waals surface area contributed by atoms with Crippen molar-refractivity contribution < 1.29 is 115 Å². The smallest absolute Gasteiger partial charge is 0.281 e. The summed E-state index contributed by atoms with van der Waals surface area (Å²) in [6, 6.07) is 0. The zero-order chi connectivity index (χ0) is 30.9. The van der Waals surface area contributed by atoms with Gasteiger partial charge in [0.1, 0.15) is 0 Å². The Labute approximate surface area is 185 Å². The lowest BCUT2D eigenvalue weighted by molar-refractivity contribution is -0.549. The molecule has 0 atom stereocenters. The second-order valence-electron chi connectivity index (χ2n) is 6.06. The van der Waals surface area contributed by atoms with Crippen molar-refractivity contribution in [1.82, 2.24) is 0 Å². The van der Waals surface area contributed by atoms with E-state index in [0.717, 1.165) is 4.74 Å². The first-order chi connectivity index (χ1) is 15.4. The highest BCUT2D eigenvalue weighted by Crippen LogP contribution is 2.61. The Morgan fingerprint density at radius 1 is 0.405 bits per heavy atom. The fourth-order valence-electron chi connectivity index (χ4n) is 1.47. The fraction of sp³-hybridized carbons (Fsp3) is 1.00. The highest BCUT2D eigenvalue weighted by molar-refractivity contribution is 7.86. The van der Waals surface area contributed by atoms with Gasteiger partial charge in [0, 0.05) is 0 Å². The Kier molecular flexibility index (Phi) is 8.30. The van der Waals surface area contributed by atoms with Crippen LogP contribution in [0.25, 0.3) is 0 Å². The molecule has 37 heavy (non-hydrogen) atoms. The molecule has 0 aliphatic carbocycles. The minimum absolute atomic E-state index is 0.958. The van der Waals surface area contributed by atoms with Crippen LogP contribution in [0, 0.1) is 0 Å². The maximum Gasteiger partial charge on any atom is 0.460 e. The molecule has 0 aromatic carbocycles. The summed E-state index contributed by atoms with van der Waals surface area (Å²) < 4.78 is 299. The van der Waals surface area contributed by atoms with Crippen molar-refractivity contribution in [3.63, 3.8) is 0 Å². The van der Waals surface area contributed by atoms with Crippen LogP contribution in [0.3, 0.4) is 0 Å². The normalized spacial score (nSPS) is 16.8. The SMILES string of the molecule is O=S(=O)(O)C(F)(F)C(F)(F)OC(F)(F)C(F)(F)OC(F)(F)C(F)(F)C(F)(F)C(F)(F)C(F)(F)C(F)(F)F. The first-order valence-electron chi connectivity index (χ1n) is 7.26. The molecule has 0 unspecified atom stereocenters. The monoisotopic (exact) mass is 632 g/mol. The minimum atomic E-state index is -8.89. The van der Waals surface area contributed by atoms with Crippen LogP contribution in [0.1, 0.15) is 0 Å². The van der Waals surface area contributed by atoms with E-state index in [4.69, 9.17) is 4.55 Å². The minimum Gasteiger partial charge on any atom is -0.281 e. The first-order valence-corrected chi connectivity index (χ1v) is 8.70. The van der Waals surface area contributed by atoms with E-state index in [1.165, 1.54) is 4.74 Å². The lowest BCUT2D eigenvalue weighted by atomic mass is 9.97. The molecule has 0 rings (SSSR count). The Hall–Kier alpha value is -1.64. The summed E-state index contributed by atoms with van der Waals surface area (Å²) in [5.41, 5.74) is 0. The molecule has 0 aromatic heterocycles. The lowest BCUT2D eigenvalue weighted by Gasteiger charge is -2.40. The largest absolute Gasteiger partial charge is 0.460 e. The van der Waals surface area contributed by atoms with Crippen molar-refractivity contribution >= 4 is 10.1 Å². The first kappa shape index (κ1) is 35.4. The number of halogens is 21. The highest BCUT2D eigenvalue weighted by atomic mass is 32.2. The lowest BCUT2D eigenvalue weighted by Crippen LogP contribution is -2.71. The van der Waals surface area contributed by atoms with Gasteiger partial charge < -0.3 is 0 Å². The topological polar surface area (TPSA) is 72.8 Å². The van der Waals surface area contributed by atoms with Crippen LogP contribution >= 0.6 is 0 Å². The molecule has 27 heteroatoms. The van der Waals surface area contributed by atoms with Crippen LogP contribution < -0.4 is 0 Å². The summed E-state index contributed by atoms with van der Waals surface area (Å²) in [6.07, 6.45) is -40.4. The van der Waals surface area contributed by atoms with Crippen LogP contribution in [-0.2, 0) is 19.6 Å². The van der Waals surface area contributed by atoms with E-state index >= 15 is 0 Å². The third-order valence-electron chi connectivity index (χ3n) is 3.42. The standard InChI is InChI=1S/C10HF21O5S/c11-1(12,3(15,16)5(19,20)21)2(13,14)4(17,18)6(22,23)35-7(24,25)8(26,27)36-9(28,29)10(30,31)37(32,33)34/h(H,32,33,34). The molecule has 0 saturated carbocycles. The predicted molar refractivity (Wildman–Crippen MR) is 64.3 cm³/mol. The maximum atomic E-state index is 13.2. The number of ether oxygens (including phenoxy) is 2. The van der Waals surface area contributed by atoms with Crippen molar-refractivity contribution in [3.8, 4) is 0 Å². The van der Waals surface area contributed by atoms with Gasteiger partial charge in [0.25, 0.3) is 0 Å². The number of hydrogen-bond donors (Lipinski definition) is 1. The van der Waals surface area contributed by atoms with Gasteiger partial charge in [0.2, 0.25) is 0 Å². The molecule has 0 aromatic rings. The number of rotatable bonds is 11. The van der Waals surface area contributed by atoms with E-state index in [0.29, 0.717) is 0 Å². The Balaban J connectivity index is 6.56. The van der Waals surface area contributed by atoms with E-state index in [1.54, 1.807) is 0 Å². The summed E-state index contributed by atoms with van der Waals surface area (Å²) in [5.74, 6) is -34.9. The van der Waals surface area contributed by atoms with Crippen LogP contribution in [-0.4, -0.2) is 72.5 Å². The molecular formula is C10HF21O5S. The fourth-order valence-corrected chi connectivity index (χ4v) is 1.81. The summed E-state index contributed by atoms with van der Waals surface area (Å²) >= 11 is 0. The summed E-state index contributed by atoms with van der Waals surface area (Å²) in [7, 11) is -7.64. The van der Waals surface area contributed by atoms with Gasteiger partial charge in [0.05, 0.1) is 0 Å². The van der Waals surface area contributed by atoms with Gasteiger partial charge in [-0.2, -0.15) is 101 Å². The third-order valence-corrected chi connectivity index (χ3v) is 4.30. The molecule has 0 fully saturated rings. The molecule has 0 radical (unpaired) electrons. The van der Waals surface area contributed by atoms with Crippen LogP contribution in [0.2, 0.25) is 0 Å². The molecule has 0 heterocycles. The van der Waals surface area contributed by atoms with Gasteiger partial charge in [-0.25, -0.2) is 9.47 Å². The Bertz CT molecular complexity index is 949. The average molecular weight is 632 g/mol.